The lowest BCUT2D eigenvalue weighted by Gasteiger charge is -2.30. The Morgan fingerprint density at radius 1 is 1.34 bits per heavy atom. The number of aromatic nitrogens is 3. The summed E-state index contributed by atoms with van der Waals surface area (Å²) in [5, 5.41) is 19.4. The third-order valence-electron chi connectivity index (χ3n) is 5.94. The SMILES string of the molecule is O=C(CSc1nnc2n1-c1sc3c(c1C1NCNN21)CCC3)NC[C@@H]1CCCO1. The van der Waals surface area contributed by atoms with Crippen molar-refractivity contribution in [3.8, 4) is 5.00 Å². The Bertz CT molecular complexity index is 952. The number of carbonyl (C=O) groups is 1. The number of amides is 1. The highest BCUT2D eigenvalue weighted by atomic mass is 32.2. The van der Waals surface area contributed by atoms with Crippen LogP contribution in [0.25, 0.3) is 5.00 Å². The smallest absolute Gasteiger partial charge is 0.249 e. The Labute approximate surface area is 176 Å². The maximum absolute atomic E-state index is 12.3. The molecule has 0 spiro atoms. The number of nitrogens with zero attached hydrogens (tertiary/aromatic N) is 4. The molecule has 3 aliphatic heterocycles. The normalized spacial score (nSPS) is 24.3. The molecule has 0 aromatic carbocycles. The number of hydrazine groups is 1. The number of anilines is 1. The van der Waals surface area contributed by atoms with Gasteiger partial charge in [0.25, 0.3) is 0 Å². The molecule has 1 aliphatic carbocycles. The molecule has 29 heavy (non-hydrogen) atoms. The summed E-state index contributed by atoms with van der Waals surface area (Å²) in [6.45, 7) is 2.09. The van der Waals surface area contributed by atoms with Gasteiger partial charge in [0, 0.05) is 23.6 Å². The highest BCUT2D eigenvalue weighted by molar-refractivity contribution is 7.99. The van der Waals surface area contributed by atoms with Crippen molar-refractivity contribution in [2.24, 2.45) is 0 Å². The number of rotatable bonds is 5. The summed E-state index contributed by atoms with van der Waals surface area (Å²) in [4.78, 5) is 13.8. The van der Waals surface area contributed by atoms with E-state index in [0.717, 1.165) is 43.4 Å². The van der Waals surface area contributed by atoms with Gasteiger partial charge in [0.2, 0.25) is 11.9 Å². The number of hydrogen-bond donors (Lipinski definition) is 3. The molecular formula is C18H23N7O2S2. The first-order chi connectivity index (χ1) is 14.3. The van der Waals surface area contributed by atoms with E-state index >= 15 is 0 Å². The van der Waals surface area contributed by atoms with Crippen molar-refractivity contribution in [2.45, 2.75) is 49.5 Å². The fourth-order valence-electron chi connectivity index (χ4n) is 4.59. The van der Waals surface area contributed by atoms with Crippen LogP contribution in [0, 0.1) is 0 Å². The van der Waals surface area contributed by atoms with Gasteiger partial charge in [-0.05, 0) is 37.7 Å². The van der Waals surface area contributed by atoms with Crippen molar-refractivity contribution in [2.75, 3.05) is 30.6 Å². The fourth-order valence-corrected chi connectivity index (χ4v) is 6.83. The van der Waals surface area contributed by atoms with E-state index in [2.05, 4.69) is 35.8 Å². The molecule has 0 radical (unpaired) electrons. The zero-order valence-electron chi connectivity index (χ0n) is 15.9. The number of nitrogens with one attached hydrogen (secondary N) is 3. The molecule has 0 bridgehead atoms. The Morgan fingerprint density at radius 2 is 2.31 bits per heavy atom. The predicted octanol–water partition coefficient (Wildman–Crippen LogP) is 1.09. The van der Waals surface area contributed by atoms with E-state index in [0.29, 0.717) is 19.0 Å². The maximum atomic E-state index is 12.3. The number of thioether (sulfide) groups is 1. The molecule has 154 valence electrons. The van der Waals surface area contributed by atoms with Crippen molar-refractivity contribution < 1.29 is 9.53 Å². The van der Waals surface area contributed by atoms with Crippen molar-refractivity contribution in [1.82, 2.24) is 30.8 Å². The van der Waals surface area contributed by atoms with Crippen molar-refractivity contribution >= 4 is 35.0 Å². The molecule has 2 fully saturated rings. The third-order valence-corrected chi connectivity index (χ3v) is 8.16. The van der Waals surface area contributed by atoms with Gasteiger partial charge in [0.1, 0.15) is 11.2 Å². The summed E-state index contributed by atoms with van der Waals surface area (Å²) < 4.78 is 7.69. The van der Waals surface area contributed by atoms with Gasteiger partial charge in [-0.3, -0.25) is 15.1 Å². The third kappa shape index (κ3) is 2.98. The first-order valence-electron chi connectivity index (χ1n) is 10.2. The number of carbonyl (C=O) groups excluding carboxylic acids is 1. The highest BCUT2D eigenvalue weighted by Crippen LogP contribution is 2.48. The van der Waals surface area contributed by atoms with E-state index in [4.69, 9.17) is 4.74 Å². The molecule has 1 amide bonds. The topological polar surface area (TPSA) is 96.3 Å². The lowest BCUT2D eigenvalue weighted by Crippen LogP contribution is -2.39. The van der Waals surface area contributed by atoms with Crippen LogP contribution >= 0.6 is 23.1 Å². The lowest BCUT2D eigenvalue weighted by molar-refractivity contribution is -0.119. The van der Waals surface area contributed by atoms with E-state index < -0.39 is 0 Å². The van der Waals surface area contributed by atoms with Gasteiger partial charge in [-0.25, -0.2) is 9.99 Å². The molecule has 2 aromatic heterocycles. The zero-order chi connectivity index (χ0) is 19.4. The minimum atomic E-state index is 0.00592. The quantitative estimate of drug-likeness (QED) is 0.603. The van der Waals surface area contributed by atoms with Crippen molar-refractivity contribution in [3.05, 3.63) is 16.0 Å². The van der Waals surface area contributed by atoms with E-state index in [1.807, 2.05) is 11.3 Å². The molecular weight excluding hydrogens is 410 g/mol. The first kappa shape index (κ1) is 18.1. The molecule has 0 saturated carbocycles. The van der Waals surface area contributed by atoms with Crippen LogP contribution in [-0.2, 0) is 22.4 Å². The second-order valence-electron chi connectivity index (χ2n) is 7.73. The van der Waals surface area contributed by atoms with Crippen LogP contribution in [-0.4, -0.2) is 52.3 Å². The van der Waals surface area contributed by atoms with Crippen molar-refractivity contribution in [3.63, 3.8) is 0 Å². The monoisotopic (exact) mass is 433 g/mol. The standard InChI is InChI=1S/C18H23N7O2S2/c26-13(19-7-10-3-2-6-27-10)8-28-18-23-22-17-24(18)16-14(15-20-9-21-25(15)17)11-4-1-5-12(11)29-16/h10,15,20-21H,1-9H2,(H,19,26)/t10-,15?/m0/s1. The molecule has 2 aromatic rings. The zero-order valence-corrected chi connectivity index (χ0v) is 17.6. The molecule has 4 aliphatic rings. The lowest BCUT2D eigenvalue weighted by atomic mass is 10.1. The fraction of sp³-hybridized carbons (Fsp3) is 0.611. The number of ether oxygens (including phenoxy) is 1. The van der Waals surface area contributed by atoms with Gasteiger partial charge in [0.05, 0.1) is 18.5 Å². The van der Waals surface area contributed by atoms with Crippen LogP contribution in [0.5, 0.6) is 0 Å². The van der Waals surface area contributed by atoms with Crippen LogP contribution in [0.15, 0.2) is 5.16 Å². The summed E-state index contributed by atoms with van der Waals surface area (Å²) in [6, 6.07) is 0. The Hall–Kier alpha value is -1.66. The van der Waals surface area contributed by atoms with Gasteiger partial charge in [-0.2, -0.15) is 0 Å². The Balaban J connectivity index is 1.24. The van der Waals surface area contributed by atoms with Crippen LogP contribution in [0.3, 0.4) is 0 Å². The molecule has 1 unspecified atom stereocenters. The average molecular weight is 434 g/mol. The summed E-state index contributed by atoms with van der Waals surface area (Å²) in [5.41, 5.74) is 6.21. The van der Waals surface area contributed by atoms with Gasteiger partial charge in [-0.1, -0.05) is 11.8 Å². The highest BCUT2D eigenvalue weighted by Gasteiger charge is 2.42. The summed E-state index contributed by atoms with van der Waals surface area (Å²) in [7, 11) is 0. The molecule has 2 atom stereocenters. The number of thiophene rings is 1. The molecule has 6 rings (SSSR count). The van der Waals surface area contributed by atoms with E-state index in [1.165, 1.54) is 39.2 Å². The van der Waals surface area contributed by atoms with E-state index in [-0.39, 0.29) is 18.2 Å². The Kier molecular flexibility index (Phi) is 4.53. The minimum Gasteiger partial charge on any atom is -0.376 e. The second kappa shape index (κ2) is 7.24. The average Bonchev–Trinajstić information content (AvgIpc) is 3.51. The van der Waals surface area contributed by atoms with Crippen molar-refractivity contribution in [1.29, 1.82) is 0 Å². The second-order valence-corrected chi connectivity index (χ2v) is 9.76. The van der Waals surface area contributed by atoms with E-state index in [1.54, 1.807) is 0 Å². The van der Waals surface area contributed by atoms with E-state index in [9.17, 15) is 4.79 Å². The van der Waals surface area contributed by atoms with Gasteiger partial charge < -0.3 is 10.1 Å². The molecule has 2 saturated heterocycles. The largest absolute Gasteiger partial charge is 0.376 e. The molecule has 9 nitrogen and oxygen atoms in total. The number of fused-ring (bicyclic) bond motifs is 8. The number of hydrogen-bond acceptors (Lipinski definition) is 9. The number of aryl methyl sites for hydroxylation is 1. The predicted molar refractivity (Wildman–Crippen MR) is 110 cm³/mol. The van der Waals surface area contributed by atoms with Crippen LogP contribution < -0.4 is 21.1 Å². The summed E-state index contributed by atoms with van der Waals surface area (Å²) >= 11 is 3.29. The van der Waals surface area contributed by atoms with Gasteiger partial charge in [-0.15, -0.1) is 21.5 Å². The molecule has 3 N–H and O–H groups in total. The Morgan fingerprint density at radius 3 is 3.21 bits per heavy atom. The summed E-state index contributed by atoms with van der Waals surface area (Å²) in [6.07, 6.45) is 5.89. The minimum absolute atomic E-state index is 0.00592. The summed E-state index contributed by atoms with van der Waals surface area (Å²) in [5.74, 6) is 1.11. The van der Waals surface area contributed by atoms with Crippen LogP contribution in [0.1, 0.15) is 41.4 Å². The van der Waals surface area contributed by atoms with Gasteiger partial charge in [0.15, 0.2) is 5.16 Å². The van der Waals surface area contributed by atoms with Gasteiger partial charge >= 0.3 is 0 Å². The van der Waals surface area contributed by atoms with Crippen LogP contribution in [0.4, 0.5) is 5.95 Å². The maximum Gasteiger partial charge on any atom is 0.249 e. The molecule has 5 heterocycles. The van der Waals surface area contributed by atoms with Crippen LogP contribution in [0.2, 0.25) is 0 Å². The first-order valence-corrected chi connectivity index (χ1v) is 12.0. The molecule has 11 heteroatoms.